The molecular weight excluding hydrogens is 188 g/mol. The largest absolute Gasteiger partial charge is 0.394 e. The maximum Gasteiger partial charge on any atom is 0.126 e. The predicted octanol–water partition coefficient (Wildman–Crippen LogP) is 0.442. The number of aliphatic hydroxyl groups is 2. The van der Waals surface area contributed by atoms with Crippen LogP contribution in [0.5, 0.6) is 0 Å². The van der Waals surface area contributed by atoms with Crippen LogP contribution in [0.3, 0.4) is 0 Å². The molecule has 13 heavy (non-hydrogen) atoms. The lowest BCUT2D eigenvalue weighted by atomic mass is 9.78. The van der Waals surface area contributed by atoms with Gasteiger partial charge in [0.1, 0.15) is 6.29 Å². The molecule has 0 saturated carbocycles. The highest BCUT2D eigenvalue weighted by Gasteiger charge is 2.33. The highest BCUT2D eigenvalue weighted by atomic mass is 32.2. The topological polar surface area (TPSA) is 57.5 Å². The van der Waals surface area contributed by atoms with Crippen LogP contribution in [0.25, 0.3) is 0 Å². The summed E-state index contributed by atoms with van der Waals surface area (Å²) in [5.74, 6) is 1.97. The van der Waals surface area contributed by atoms with Crippen molar-refractivity contribution in [2.24, 2.45) is 5.41 Å². The average molecular weight is 204 g/mol. The molecule has 1 unspecified atom stereocenters. The lowest BCUT2D eigenvalue weighted by Gasteiger charge is -2.32. The van der Waals surface area contributed by atoms with Crippen LogP contribution < -0.4 is 0 Å². The van der Waals surface area contributed by atoms with E-state index in [1.54, 1.807) is 0 Å². The minimum absolute atomic E-state index is 0.247. The van der Waals surface area contributed by atoms with Crippen molar-refractivity contribution in [1.82, 2.24) is 0 Å². The Bertz CT molecular complexity index is 166. The normalized spacial score (nSPS) is 23.8. The van der Waals surface area contributed by atoms with E-state index < -0.39 is 6.10 Å². The fourth-order valence-corrected chi connectivity index (χ4v) is 2.99. The Hall–Kier alpha value is -0.0600. The molecule has 1 aliphatic rings. The summed E-state index contributed by atoms with van der Waals surface area (Å²) >= 11 is 1.84. The van der Waals surface area contributed by atoms with Crippen molar-refractivity contribution >= 4 is 18.0 Å². The number of aliphatic hydroxyl groups excluding tert-OH is 2. The van der Waals surface area contributed by atoms with E-state index in [2.05, 4.69) is 0 Å². The van der Waals surface area contributed by atoms with Crippen molar-refractivity contribution < 1.29 is 15.0 Å². The van der Waals surface area contributed by atoms with Crippen LogP contribution in [0.2, 0.25) is 0 Å². The summed E-state index contributed by atoms with van der Waals surface area (Å²) < 4.78 is 0. The van der Waals surface area contributed by atoms with E-state index in [0.717, 1.165) is 30.6 Å². The second-order valence-electron chi connectivity index (χ2n) is 3.63. The van der Waals surface area contributed by atoms with E-state index in [9.17, 15) is 9.90 Å². The maximum absolute atomic E-state index is 10.9. The van der Waals surface area contributed by atoms with Crippen molar-refractivity contribution in [2.75, 3.05) is 18.1 Å². The van der Waals surface area contributed by atoms with Crippen LogP contribution in [0.1, 0.15) is 19.3 Å². The van der Waals surface area contributed by atoms with Gasteiger partial charge in [-0.3, -0.25) is 0 Å². The van der Waals surface area contributed by atoms with E-state index >= 15 is 0 Å². The number of rotatable bonds is 4. The molecule has 0 bridgehead atoms. The van der Waals surface area contributed by atoms with Crippen LogP contribution in [-0.2, 0) is 4.79 Å². The first-order valence-corrected chi connectivity index (χ1v) is 5.71. The molecule has 2 N–H and O–H groups in total. The first-order valence-electron chi connectivity index (χ1n) is 4.55. The number of aldehydes is 1. The van der Waals surface area contributed by atoms with Gasteiger partial charge in [0.2, 0.25) is 0 Å². The standard InChI is InChI=1S/C9H16O3S/c10-6-8(12)5-9(7-11)1-3-13-4-2-9/h7-8,10,12H,1-6H2. The smallest absolute Gasteiger partial charge is 0.126 e. The molecule has 1 saturated heterocycles. The fraction of sp³-hybridized carbons (Fsp3) is 0.889. The third-order valence-corrected chi connectivity index (χ3v) is 3.58. The second kappa shape index (κ2) is 4.98. The Morgan fingerprint density at radius 2 is 2.08 bits per heavy atom. The van der Waals surface area contributed by atoms with E-state index in [0.29, 0.717) is 6.42 Å². The third kappa shape index (κ3) is 2.97. The molecule has 3 nitrogen and oxygen atoms in total. The Morgan fingerprint density at radius 3 is 2.54 bits per heavy atom. The summed E-state index contributed by atoms with van der Waals surface area (Å²) in [6.07, 6.45) is 2.29. The monoisotopic (exact) mass is 204 g/mol. The fourth-order valence-electron chi connectivity index (χ4n) is 1.68. The quantitative estimate of drug-likeness (QED) is 0.652. The molecule has 0 aromatic rings. The van der Waals surface area contributed by atoms with Crippen LogP contribution in [0.4, 0.5) is 0 Å². The van der Waals surface area contributed by atoms with Crippen LogP contribution in [0, 0.1) is 5.41 Å². The molecule has 1 rings (SSSR count). The summed E-state index contributed by atoms with van der Waals surface area (Å²) in [4.78, 5) is 10.9. The molecule has 0 aromatic carbocycles. The first-order chi connectivity index (χ1) is 6.22. The van der Waals surface area contributed by atoms with E-state index in [-0.39, 0.29) is 12.0 Å². The molecule has 1 aliphatic heterocycles. The molecule has 0 amide bonds. The maximum atomic E-state index is 10.9. The van der Waals surface area contributed by atoms with Crippen molar-refractivity contribution in [3.63, 3.8) is 0 Å². The summed E-state index contributed by atoms with van der Waals surface area (Å²) in [6.45, 7) is -0.247. The molecular formula is C9H16O3S. The van der Waals surface area contributed by atoms with E-state index in [4.69, 9.17) is 5.11 Å². The summed E-state index contributed by atoms with van der Waals surface area (Å²) in [5.41, 5.74) is -0.368. The lowest BCUT2D eigenvalue weighted by molar-refractivity contribution is -0.118. The number of hydrogen-bond acceptors (Lipinski definition) is 4. The van der Waals surface area contributed by atoms with Gasteiger partial charge in [-0.1, -0.05) is 0 Å². The Morgan fingerprint density at radius 1 is 1.46 bits per heavy atom. The Kier molecular flexibility index (Phi) is 4.22. The molecule has 0 spiro atoms. The zero-order valence-corrected chi connectivity index (χ0v) is 8.42. The van der Waals surface area contributed by atoms with Crippen molar-refractivity contribution in [1.29, 1.82) is 0 Å². The minimum Gasteiger partial charge on any atom is -0.394 e. The minimum atomic E-state index is -0.742. The molecule has 76 valence electrons. The van der Waals surface area contributed by atoms with Crippen LogP contribution >= 0.6 is 11.8 Å². The van der Waals surface area contributed by atoms with Gasteiger partial charge >= 0.3 is 0 Å². The molecule has 0 aromatic heterocycles. The Labute approximate surface area is 82.5 Å². The van der Waals surface area contributed by atoms with E-state index in [1.807, 2.05) is 11.8 Å². The second-order valence-corrected chi connectivity index (χ2v) is 4.86. The summed E-state index contributed by atoms with van der Waals surface area (Å²) in [6, 6.07) is 0. The molecule has 1 heterocycles. The van der Waals surface area contributed by atoms with Gasteiger partial charge in [-0.25, -0.2) is 0 Å². The number of hydrogen-bond donors (Lipinski definition) is 2. The van der Waals surface area contributed by atoms with E-state index in [1.165, 1.54) is 0 Å². The van der Waals surface area contributed by atoms with Gasteiger partial charge in [0.25, 0.3) is 0 Å². The van der Waals surface area contributed by atoms with Crippen LogP contribution in [0.15, 0.2) is 0 Å². The number of carbonyl (C=O) groups excluding carboxylic acids is 1. The highest BCUT2D eigenvalue weighted by Crippen LogP contribution is 2.36. The van der Waals surface area contributed by atoms with Gasteiger partial charge in [0.05, 0.1) is 12.7 Å². The van der Waals surface area contributed by atoms with Gasteiger partial charge in [-0.2, -0.15) is 11.8 Å². The van der Waals surface area contributed by atoms with Gasteiger partial charge < -0.3 is 15.0 Å². The predicted molar refractivity (Wildman–Crippen MR) is 52.8 cm³/mol. The first kappa shape index (κ1) is 11.0. The number of carbonyl (C=O) groups is 1. The van der Waals surface area contributed by atoms with Gasteiger partial charge in [0, 0.05) is 5.41 Å². The molecule has 0 aliphatic carbocycles. The van der Waals surface area contributed by atoms with Crippen molar-refractivity contribution in [3.8, 4) is 0 Å². The van der Waals surface area contributed by atoms with Gasteiger partial charge in [0.15, 0.2) is 0 Å². The third-order valence-electron chi connectivity index (χ3n) is 2.59. The lowest BCUT2D eigenvalue weighted by Crippen LogP contribution is -2.33. The van der Waals surface area contributed by atoms with Crippen molar-refractivity contribution in [3.05, 3.63) is 0 Å². The zero-order valence-electron chi connectivity index (χ0n) is 7.61. The summed E-state index contributed by atoms with van der Waals surface area (Å²) in [7, 11) is 0. The molecule has 4 heteroatoms. The molecule has 0 radical (unpaired) electrons. The Balaban J connectivity index is 2.52. The number of thioether (sulfide) groups is 1. The molecule has 1 fully saturated rings. The molecule has 1 atom stereocenters. The van der Waals surface area contributed by atoms with Crippen molar-refractivity contribution in [2.45, 2.75) is 25.4 Å². The van der Waals surface area contributed by atoms with Crippen LogP contribution in [-0.4, -0.2) is 40.7 Å². The van der Waals surface area contributed by atoms with Gasteiger partial charge in [-0.15, -0.1) is 0 Å². The zero-order chi connectivity index (χ0) is 9.73. The average Bonchev–Trinajstić information content (AvgIpc) is 2.19. The highest BCUT2D eigenvalue weighted by molar-refractivity contribution is 7.99. The summed E-state index contributed by atoms with van der Waals surface area (Å²) in [5, 5.41) is 18.0. The SMILES string of the molecule is O=CC1(CC(O)CO)CCSCC1. The van der Waals surface area contributed by atoms with Gasteiger partial charge in [-0.05, 0) is 30.8 Å².